The van der Waals surface area contributed by atoms with Crippen molar-refractivity contribution in [3.63, 3.8) is 0 Å². The summed E-state index contributed by atoms with van der Waals surface area (Å²) in [7, 11) is 0. The molecule has 0 amide bonds. The van der Waals surface area contributed by atoms with Gasteiger partial charge < -0.3 is 5.32 Å². The Bertz CT molecular complexity index is 402. The van der Waals surface area contributed by atoms with Crippen molar-refractivity contribution in [3.8, 4) is 0 Å². The van der Waals surface area contributed by atoms with Crippen molar-refractivity contribution < 1.29 is 0 Å². The summed E-state index contributed by atoms with van der Waals surface area (Å²) in [6, 6.07) is 8.74. The highest BCUT2D eigenvalue weighted by molar-refractivity contribution is 9.10. The molecule has 1 atom stereocenters. The highest BCUT2D eigenvalue weighted by atomic mass is 79.9. The number of benzene rings is 1. The van der Waals surface area contributed by atoms with E-state index in [1.54, 1.807) is 0 Å². The Balaban J connectivity index is 2.16. The van der Waals surface area contributed by atoms with Crippen LogP contribution in [-0.2, 0) is 0 Å². The van der Waals surface area contributed by atoms with Crippen molar-refractivity contribution in [2.75, 3.05) is 6.54 Å². The Kier molecular flexibility index (Phi) is 5.08. The molecule has 1 unspecified atom stereocenters. The van der Waals surface area contributed by atoms with Crippen LogP contribution in [0, 0.1) is 5.92 Å². The third-order valence-corrected chi connectivity index (χ3v) is 4.85. The Labute approximate surface area is 126 Å². The van der Waals surface area contributed by atoms with Crippen LogP contribution in [0.2, 0.25) is 0 Å². The minimum Gasteiger partial charge on any atom is -0.311 e. The van der Waals surface area contributed by atoms with Crippen molar-refractivity contribution in [2.45, 2.75) is 57.9 Å². The fourth-order valence-corrected chi connectivity index (χ4v) is 3.66. The average molecular weight is 324 g/mol. The molecule has 1 fully saturated rings. The van der Waals surface area contributed by atoms with Gasteiger partial charge in [-0.2, -0.15) is 0 Å². The average Bonchev–Trinajstić information content (AvgIpc) is 2.84. The van der Waals surface area contributed by atoms with E-state index in [4.69, 9.17) is 0 Å². The Hall–Kier alpha value is -0.340. The third kappa shape index (κ3) is 4.32. The Morgan fingerprint density at radius 2 is 1.84 bits per heavy atom. The molecular weight excluding hydrogens is 298 g/mol. The summed E-state index contributed by atoms with van der Waals surface area (Å²) in [6.45, 7) is 7.83. The molecule has 2 heteroatoms. The van der Waals surface area contributed by atoms with E-state index in [2.05, 4.69) is 66.3 Å². The first-order valence-corrected chi connectivity index (χ1v) is 8.26. The molecule has 0 aliphatic heterocycles. The molecule has 1 aromatic rings. The molecular formula is C17H26BrN. The van der Waals surface area contributed by atoms with Gasteiger partial charge in [0.1, 0.15) is 0 Å². The van der Waals surface area contributed by atoms with Gasteiger partial charge in [-0.1, -0.05) is 47.0 Å². The first-order valence-electron chi connectivity index (χ1n) is 7.47. The molecule has 0 radical (unpaired) electrons. The second kappa shape index (κ2) is 6.41. The standard InChI is InChI=1S/C17H26BrN/c1-17(2,3)19-12-15(13-8-4-5-9-13)14-10-6-7-11-16(14)18/h6-7,10-11,13,15,19H,4-5,8-9,12H2,1-3H3. The molecule has 0 heterocycles. The predicted molar refractivity (Wildman–Crippen MR) is 86.6 cm³/mol. The molecule has 1 N–H and O–H groups in total. The smallest absolute Gasteiger partial charge is 0.0210 e. The van der Waals surface area contributed by atoms with E-state index in [1.165, 1.54) is 35.7 Å². The summed E-state index contributed by atoms with van der Waals surface area (Å²) < 4.78 is 1.27. The zero-order valence-corrected chi connectivity index (χ0v) is 14.0. The number of nitrogens with one attached hydrogen (secondary N) is 1. The molecule has 19 heavy (non-hydrogen) atoms. The lowest BCUT2D eigenvalue weighted by Gasteiger charge is -2.30. The van der Waals surface area contributed by atoms with E-state index in [0.717, 1.165) is 12.5 Å². The maximum absolute atomic E-state index is 3.74. The van der Waals surface area contributed by atoms with Crippen molar-refractivity contribution in [1.29, 1.82) is 0 Å². The molecule has 2 rings (SSSR count). The van der Waals surface area contributed by atoms with E-state index in [9.17, 15) is 0 Å². The minimum absolute atomic E-state index is 0.193. The van der Waals surface area contributed by atoms with Gasteiger partial charge in [-0.25, -0.2) is 0 Å². The summed E-state index contributed by atoms with van der Waals surface area (Å²) in [5.41, 5.74) is 1.67. The van der Waals surface area contributed by atoms with Gasteiger partial charge in [0.25, 0.3) is 0 Å². The molecule has 1 aliphatic carbocycles. The van der Waals surface area contributed by atoms with E-state index in [-0.39, 0.29) is 5.54 Å². The molecule has 1 saturated carbocycles. The van der Waals surface area contributed by atoms with Gasteiger partial charge in [0.05, 0.1) is 0 Å². The van der Waals surface area contributed by atoms with Crippen LogP contribution in [0.4, 0.5) is 0 Å². The molecule has 0 spiro atoms. The number of halogens is 1. The largest absolute Gasteiger partial charge is 0.311 e. The number of hydrogen-bond acceptors (Lipinski definition) is 1. The van der Waals surface area contributed by atoms with Crippen molar-refractivity contribution in [1.82, 2.24) is 5.32 Å². The van der Waals surface area contributed by atoms with Gasteiger partial charge >= 0.3 is 0 Å². The molecule has 0 saturated heterocycles. The maximum atomic E-state index is 3.74. The van der Waals surface area contributed by atoms with E-state index in [0.29, 0.717) is 5.92 Å². The topological polar surface area (TPSA) is 12.0 Å². The lowest BCUT2D eigenvalue weighted by atomic mass is 9.84. The Morgan fingerprint density at radius 1 is 1.21 bits per heavy atom. The third-order valence-electron chi connectivity index (χ3n) is 4.13. The fraction of sp³-hybridized carbons (Fsp3) is 0.647. The van der Waals surface area contributed by atoms with Gasteiger partial charge in [0, 0.05) is 22.5 Å². The lowest BCUT2D eigenvalue weighted by molar-refractivity contribution is 0.350. The van der Waals surface area contributed by atoms with Crippen LogP contribution in [0.15, 0.2) is 28.7 Å². The molecule has 1 aliphatic rings. The first-order chi connectivity index (χ1) is 8.97. The van der Waals surface area contributed by atoms with Crippen molar-refractivity contribution >= 4 is 15.9 Å². The van der Waals surface area contributed by atoms with E-state index < -0.39 is 0 Å². The van der Waals surface area contributed by atoms with Crippen LogP contribution in [0.5, 0.6) is 0 Å². The van der Waals surface area contributed by atoms with E-state index in [1.807, 2.05) is 0 Å². The number of hydrogen-bond donors (Lipinski definition) is 1. The summed E-state index contributed by atoms with van der Waals surface area (Å²) in [6.07, 6.45) is 5.58. The van der Waals surface area contributed by atoms with Gasteiger partial charge in [-0.15, -0.1) is 0 Å². The Morgan fingerprint density at radius 3 is 2.42 bits per heavy atom. The van der Waals surface area contributed by atoms with Crippen LogP contribution in [0.1, 0.15) is 57.9 Å². The second-order valence-corrected chi connectivity index (χ2v) is 7.66. The van der Waals surface area contributed by atoms with Gasteiger partial charge in [-0.05, 0) is 51.2 Å². The van der Waals surface area contributed by atoms with Crippen molar-refractivity contribution in [3.05, 3.63) is 34.3 Å². The van der Waals surface area contributed by atoms with Crippen molar-refractivity contribution in [2.24, 2.45) is 5.92 Å². The summed E-state index contributed by atoms with van der Waals surface area (Å²) in [5.74, 6) is 1.48. The first kappa shape index (κ1) is 15.1. The van der Waals surface area contributed by atoms with Crippen LogP contribution >= 0.6 is 15.9 Å². The highest BCUT2D eigenvalue weighted by Crippen LogP contribution is 2.39. The highest BCUT2D eigenvalue weighted by Gasteiger charge is 2.28. The lowest BCUT2D eigenvalue weighted by Crippen LogP contribution is -2.39. The minimum atomic E-state index is 0.193. The van der Waals surface area contributed by atoms with Gasteiger partial charge in [-0.3, -0.25) is 0 Å². The van der Waals surface area contributed by atoms with Crippen LogP contribution in [-0.4, -0.2) is 12.1 Å². The SMILES string of the molecule is CC(C)(C)NCC(c1ccccc1Br)C1CCCC1. The summed E-state index contributed by atoms with van der Waals surface area (Å²) >= 11 is 3.74. The molecule has 0 bridgehead atoms. The molecule has 1 nitrogen and oxygen atoms in total. The predicted octanol–water partition coefficient (Wildman–Crippen LogP) is 5.11. The second-order valence-electron chi connectivity index (χ2n) is 6.80. The molecule has 0 aromatic heterocycles. The van der Waals surface area contributed by atoms with Gasteiger partial charge in [0.2, 0.25) is 0 Å². The van der Waals surface area contributed by atoms with E-state index >= 15 is 0 Å². The summed E-state index contributed by atoms with van der Waals surface area (Å²) in [4.78, 5) is 0. The molecule has 1 aromatic carbocycles. The zero-order chi connectivity index (χ0) is 13.9. The maximum Gasteiger partial charge on any atom is 0.0210 e. The fourth-order valence-electron chi connectivity index (χ4n) is 3.08. The monoisotopic (exact) mass is 323 g/mol. The van der Waals surface area contributed by atoms with Gasteiger partial charge in [0.15, 0.2) is 0 Å². The quantitative estimate of drug-likeness (QED) is 0.811. The summed E-state index contributed by atoms with van der Waals surface area (Å²) in [5, 5.41) is 3.70. The zero-order valence-electron chi connectivity index (χ0n) is 12.4. The van der Waals surface area contributed by atoms with Crippen LogP contribution in [0.25, 0.3) is 0 Å². The number of rotatable bonds is 4. The molecule has 106 valence electrons. The normalized spacial score (nSPS) is 18.7. The van der Waals surface area contributed by atoms with Crippen LogP contribution < -0.4 is 5.32 Å². The van der Waals surface area contributed by atoms with Crippen LogP contribution in [0.3, 0.4) is 0 Å².